The molecular formula is C34H35BrFN3O4S. The number of benzene rings is 4. The van der Waals surface area contributed by atoms with Crippen molar-refractivity contribution in [1.82, 2.24) is 10.2 Å². The molecule has 0 aliphatic carbocycles. The largest absolute Gasteiger partial charge is 0.352 e. The lowest BCUT2D eigenvalue weighted by atomic mass is 10.0. The summed E-state index contributed by atoms with van der Waals surface area (Å²) in [7, 11) is -4.23. The van der Waals surface area contributed by atoms with E-state index in [1.54, 1.807) is 54.6 Å². The Morgan fingerprint density at radius 3 is 2.18 bits per heavy atom. The van der Waals surface area contributed by atoms with Gasteiger partial charge in [0.1, 0.15) is 18.4 Å². The molecule has 0 saturated carbocycles. The zero-order valence-electron chi connectivity index (χ0n) is 24.8. The fourth-order valence-electron chi connectivity index (χ4n) is 4.74. The number of hydrogen-bond acceptors (Lipinski definition) is 4. The van der Waals surface area contributed by atoms with Crippen molar-refractivity contribution in [3.05, 3.63) is 130 Å². The van der Waals surface area contributed by atoms with E-state index in [2.05, 4.69) is 21.2 Å². The normalized spacial score (nSPS) is 12.0. The fraction of sp³-hybridized carbons (Fsp3) is 0.235. The van der Waals surface area contributed by atoms with Crippen LogP contribution < -0.4 is 9.62 Å². The van der Waals surface area contributed by atoms with Crippen LogP contribution in [0.15, 0.2) is 112 Å². The Hall–Kier alpha value is -4.02. The lowest BCUT2D eigenvalue weighted by Crippen LogP contribution is -2.54. The van der Waals surface area contributed by atoms with E-state index in [9.17, 15) is 22.4 Å². The Labute approximate surface area is 266 Å². The summed E-state index contributed by atoms with van der Waals surface area (Å²) >= 11 is 3.40. The van der Waals surface area contributed by atoms with Crippen LogP contribution in [0.2, 0.25) is 0 Å². The van der Waals surface area contributed by atoms with Gasteiger partial charge in [-0.1, -0.05) is 88.2 Å². The Morgan fingerprint density at radius 2 is 1.55 bits per heavy atom. The van der Waals surface area contributed by atoms with Gasteiger partial charge in [0.25, 0.3) is 10.0 Å². The highest BCUT2D eigenvalue weighted by Crippen LogP contribution is 2.27. The topological polar surface area (TPSA) is 86.8 Å². The van der Waals surface area contributed by atoms with Crippen molar-refractivity contribution in [1.29, 1.82) is 0 Å². The molecule has 0 spiro atoms. The van der Waals surface area contributed by atoms with Gasteiger partial charge in [-0.15, -0.1) is 0 Å². The summed E-state index contributed by atoms with van der Waals surface area (Å²) in [5, 5.41) is 2.89. The number of sulfonamides is 1. The first-order valence-corrected chi connectivity index (χ1v) is 16.4. The Bertz CT molecular complexity index is 1700. The van der Waals surface area contributed by atoms with E-state index in [0.717, 1.165) is 15.4 Å². The summed E-state index contributed by atoms with van der Waals surface area (Å²) in [6.45, 7) is 4.60. The number of amides is 2. The second-order valence-electron chi connectivity index (χ2n) is 10.8. The molecule has 0 radical (unpaired) electrons. The van der Waals surface area contributed by atoms with Crippen molar-refractivity contribution < 1.29 is 22.4 Å². The first-order valence-electron chi connectivity index (χ1n) is 14.2. The highest BCUT2D eigenvalue weighted by molar-refractivity contribution is 9.10. The average molecular weight is 681 g/mol. The second-order valence-corrected chi connectivity index (χ2v) is 13.6. The van der Waals surface area contributed by atoms with Gasteiger partial charge in [-0.05, 0) is 62.7 Å². The molecule has 7 nitrogen and oxygen atoms in total. The third-order valence-electron chi connectivity index (χ3n) is 6.98. The molecule has 2 amide bonds. The molecule has 44 heavy (non-hydrogen) atoms. The number of nitrogens with zero attached hydrogens (tertiary/aromatic N) is 2. The number of nitrogens with one attached hydrogen (secondary N) is 1. The van der Waals surface area contributed by atoms with E-state index < -0.39 is 40.2 Å². The number of carbonyl (C=O) groups excluding carboxylic acids is 2. The highest BCUT2D eigenvalue weighted by atomic mass is 79.9. The summed E-state index contributed by atoms with van der Waals surface area (Å²) in [6, 6.07) is 26.9. The fourth-order valence-corrected chi connectivity index (χ4v) is 6.54. The van der Waals surface area contributed by atoms with Gasteiger partial charge in [-0.25, -0.2) is 12.8 Å². The Balaban J connectivity index is 1.82. The van der Waals surface area contributed by atoms with E-state index in [4.69, 9.17) is 0 Å². The SMILES string of the molecule is Cc1ccc(S(=O)(=O)N(CC(=O)N(Cc2ccccc2F)C(Cc2ccccc2)C(=O)NC(C)C)c2cccc(Br)c2)cc1. The second kappa shape index (κ2) is 14.6. The molecule has 10 heteroatoms. The maximum Gasteiger partial charge on any atom is 0.264 e. The Morgan fingerprint density at radius 1 is 0.886 bits per heavy atom. The van der Waals surface area contributed by atoms with Gasteiger partial charge >= 0.3 is 0 Å². The summed E-state index contributed by atoms with van der Waals surface area (Å²) in [5.41, 5.74) is 2.13. The summed E-state index contributed by atoms with van der Waals surface area (Å²) in [4.78, 5) is 29.4. The van der Waals surface area contributed by atoms with E-state index in [1.165, 1.54) is 23.1 Å². The van der Waals surface area contributed by atoms with E-state index in [0.29, 0.717) is 4.47 Å². The molecule has 230 valence electrons. The molecule has 0 aliphatic rings. The Kier molecular flexibility index (Phi) is 10.9. The smallest absolute Gasteiger partial charge is 0.264 e. The van der Waals surface area contributed by atoms with Crippen LogP contribution in [0.5, 0.6) is 0 Å². The van der Waals surface area contributed by atoms with Crippen LogP contribution in [-0.2, 0) is 32.6 Å². The number of hydrogen-bond donors (Lipinski definition) is 1. The van der Waals surface area contributed by atoms with Gasteiger partial charge in [-0.2, -0.15) is 0 Å². The van der Waals surface area contributed by atoms with Crippen molar-refractivity contribution in [2.24, 2.45) is 0 Å². The van der Waals surface area contributed by atoms with E-state index in [1.807, 2.05) is 51.1 Å². The molecule has 4 rings (SSSR count). The van der Waals surface area contributed by atoms with E-state index in [-0.39, 0.29) is 35.2 Å². The molecule has 0 heterocycles. The van der Waals surface area contributed by atoms with Crippen molar-refractivity contribution in [3.63, 3.8) is 0 Å². The van der Waals surface area contributed by atoms with E-state index >= 15 is 0 Å². The van der Waals surface area contributed by atoms with Crippen LogP contribution in [0.1, 0.15) is 30.5 Å². The maximum absolute atomic E-state index is 15.0. The molecule has 4 aromatic carbocycles. The minimum Gasteiger partial charge on any atom is -0.352 e. The van der Waals surface area contributed by atoms with Crippen molar-refractivity contribution >= 4 is 43.5 Å². The van der Waals surface area contributed by atoms with Crippen LogP contribution in [0.4, 0.5) is 10.1 Å². The van der Waals surface area contributed by atoms with Crippen LogP contribution >= 0.6 is 15.9 Å². The third-order valence-corrected chi connectivity index (χ3v) is 9.27. The van der Waals surface area contributed by atoms with Crippen LogP contribution in [-0.4, -0.2) is 43.8 Å². The van der Waals surface area contributed by atoms with Gasteiger partial charge in [0.05, 0.1) is 10.6 Å². The average Bonchev–Trinajstić information content (AvgIpc) is 2.98. The predicted octanol–water partition coefficient (Wildman–Crippen LogP) is 6.26. The van der Waals surface area contributed by atoms with Gasteiger partial charge in [0, 0.05) is 29.0 Å². The number of aryl methyl sites for hydroxylation is 1. The molecule has 0 saturated heterocycles. The third kappa shape index (κ3) is 8.33. The monoisotopic (exact) mass is 679 g/mol. The molecule has 4 aromatic rings. The standard InChI is InChI=1S/C34H35BrFN3O4S/c1-24(2)37-34(41)32(20-26-10-5-4-6-11-26)38(22-27-12-7-8-15-31(27)36)33(40)23-39(29-14-9-13-28(35)21-29)44(42,43)30-18-16-25(3)17-19-30/h4-19,21,24,32H,20,22-23H2,1-3H3,(H,37,41). The number of anilines is 1. The quantitative estimate of drug-likeness (QED) is 0.192. The van der Waals surface area contributed by atoms with Gasteiger partial charge in [-0.3, -0.25) is 13.9 Å². The molecule has 0 aliphatic heterocycles. The van der Waals surface area contributed by atoms with Crippen molar-refractivity contribution in [2.75, 3.05) is 10.8 Å². The summed E-state index contributed by atoms with van der Waals surface area (Å²) in [5.74, 6) is -1.63. The minimum atomic E-state index is -4.23. The van der Waals surface area contributed by atoms with Gasteiger partial charge in [0.15, 0.2) is 0 Å². The number of rotatable bonds is 12. The molecule has 0 aromatic heterocycles. The zero-order valence-corrected chi connectivity index (χ0v) is 27.2. The van der Waals surface area contributed by atoms with Crippen molar-refractivity contribution in [3.8, 4) is 0 Å². The van der Waals surface area contributed by atoms with Crippen LogP contribution in [0, 0.1) is 12.7 Å². The molecular weight excluding hydrogens is 645 g/mol. The van der Waals surface area contributed by atoms with Crippen molar-refractivity contribution in [2.45, 2.75) is 50.7 Å². The molecule has 0 bridgehead atoms. The molecule has 1 unspecified atom stereocenters. The maximum atomic E-state index is 15.0. The first-order chi connectivity index (χ1) is 21.0. The highest BCUT2D eigenvalue weighted by Gasteiger charge is 2.35. The van der Waals surface area contributed by atoms with Gasteiger partial charge in [0.2, 0.25) is 11.8 Å². The predicted molar refractivity (Wildman–Crippen MR) is 174 cm³/mol. The van der Waals surface area contributed by atoms with Crippen LogP contribution in [0.3, 0.4) is 0 Å². The number of halogens is 2. The zero-order chi connectivity index (χ0) is 31.9. The molecule has 1 atom stereocenters. The molecule has 1 N–H and O–H groups in total. The summed E-state index contributed by atoms with van der Waals surface area (Å²) < 4.78 is 44.8. The lowest BCUT2D eigenvalue weighted by Gasteiger charge is -2.34. The minimum absolute atomic E-state index is 0.00918. The lowest BCUT2D eigenvalue weighted by molar-refractivity contribution is -0.140. The van der Waals surface area contributed by atoms with Crippen LogP contribution in [0.25, 0.3) is 0 Å². The van der Waals surface area contributed by atoms with Gasteiger partial charge < -0.3 is 10.2 Å². The summed E-state index contributed by atoms with van der Waals surface area (Å²) in [6.07, 6.45) is 0.140. The first kappa shape index (κ1) is 32.9. The molecule has 0 fully saturated rings. The number of carbonyl (C=O) groups is 2.